The summed E-state index contributed by atoms with van der Waals surface area (Å²) < 4.78 is 0. The summed E-state index contributed by atoms with van der Waals surface area (Å²) in [5, 5.41) is 6.22. The molecule has 2 aromatic rings. The van der Waals surface area contributed by atoms with Crippen LogP contribution in [0, 0.1) is 6.92 Å². The Balaban J connectivity index is 2.00. The average Bonchev–Trinajstić information content (AvgIpc) is 2.47. The predicted octanol–water partition coefficient (Wildman–Crippen LogP) is 3.63. The average molecular weight is 332 g/mol. The fraction of sp³-hybridized carbons (Fsp3) is 0.176. The molecule has 3 amide bonds. The SMILES string of the molecule is Cc1cc(NC(=O)NC(C)c2ccc(Cl)cc2)ccc1C(N)=O. The third-order valence-electron chi connectivity index (χ3n) is 3.47. The molecule has 0 radical (unpaired) electrons. The van der Waals surface area contributed by atoms with E-state index in [2.05, 4.69) is 10.6 Å². The molecule has 6 heteroatoms. The number of hydrogen-bond donors (Lipinski definition) is 3. The van der Waals surface area contributed by atoms with Gasteiger partial charge in [-0.1, -0.05) is 23.7 Å². The largest absolute Gasteiger partial charge is 0.366 e. The Hall–Kier alpha value is -2.53. The summed E-state index contributed by atoms with van der Waals surface area (Å²) in [4.78, 5) is 23.2. The van der Waals surface area contributed by atoms with E-state index in [1.165, 1.54) is 0 Å². The normalized spacial score (nSPS) is 11.6. The number of nitrogens with two attached hydrogens (primary N) is 1. The van der Waals surface area contributed by atoms with Gasteiger partial charge in [-0.2, -0.15) is 0 Å². The quantitative estimate of drug-likeness (QED) is 0.799. The molecule has 0 spiro atoms. The van der Waals surface area contributed by atoms with Crippen molar-refractivity contribution < 1.29 is 9.59 Å². The van der Waals surface area contributed by atoms with E-state index in [4.69, 9.17) is 17.3 Å². The smallest absolute Gasteiger partial charge is 0.319 e. The van der Waals surface area contributed by atoms with Gasteiger partial charge in [-0.25, -0.2) is 4.79 Å². The van der Waals surface area contributed by atoms with Gasteiger partial charge >= 0.3 is 6.03 Å². The highest BCUT2D eigenvalue weighted by molar-refractivity contribution is 6.30. The molecule has 120 valence electrons. The summed E-state index contributed by atoms with van der Waals surface area (Å²) in [5.74, 6) is -0.491. The third-order valence-corrected chi connectivity index (χ3v) is 3.72. The highest BCUT2D eigenvalue weighted by atomic mass is 35.5. The minimum Gasteiger partial charge on any atom is -0.366 e. The first kappa shape index (κ1) is 16.8. The lowest BCUT2D eigenvalue weighted by Crippen LogP contribution is -2.31. The van der Waals surface area contributed by atoms with E-state index >= 15 is 0 Å². The molecule has 5 nitrogen and oxygen atoms in total. The molecule has 23 heavy (non-hydrogen) atoms. The minimum atomic E-state index is -0.491. The molecule has 0 aliphatic rings. The Morgan fingerprint density at radius 3 is 2.35 bits per heavy atom. The van der Waals surface area contributed by atoms with E-state index in [0.717, 1.165) is 5.56 Å². The van der Waals surface area contributed by atoms with Crippen molar-refractivity contribution in [2.24, 2.45) is 5.73 Å². The van der Waals surface area contributed by atoms with E-state index in [0.29, 0.717) is 21.8 Å². The molecule has 0 aromatic heterocycles. The molecule has 2 aromatic carbocycles. The zero-order valence-corrected chi connectivity index (χ0v) is 13.6. The molecule has 4 N–H and O–H groups in total. The number of benzene rings is 2. The highest BCUT2D eigenvalue weighted by Gasteiger charge is 2.11. The molecule has 1 unspecified atom stereocenters. The maximum atomic E-state index is 12.1. The van der Waals surface area contributed by atoms with Crippen LogP contribution >= 0.6 is 11.6 Å². The number of nitrogens with one attached hydrogen (secondary N) is 2. The fourth-order valence-electron chi connectivity index (χ4n) is 2.22. The number of primary amides is 1. The molecule has 0 heterocycles. The Morgan fingerprint density at radius 1 is 1.13 bits per heavy atom. The number of halogens is 1. The summed E-state index contributed by atoms with van der Waals surface area (Å²) in [5.41, 5.74) is 7.94. The van der Waals surface area contributed by atoms with Gasteiger partial charge in [-0.15, -0.1) is 0 Å². The minimum absolute atomic E-state index is 0.168. The van der Waals surface area contributed by atoms with Crippen molar-refractivity contribution in [1.29, 1.82) is 0 Å². The van der Waals surface area contributed by atoms with E-state index < -0.39 is 5.91 Å². The second-order valence-electron chi connectivity index (χ2n) is 5.27. The lowest BCUT2D eigenvalue weighted by molar-refractivity contribution is 0.0999. The second kappa shape index (κ2) is 7.15. The van der Waals surface area contributed by atoms with E-state index in [9.17, 15) is 9.59 Å². The topological polar surface area (TPSA) is 84.2 Å². The third kappa shape index (κ3) is 4.47. The Bertz CT molecular complexity index is 729. The van der Waals surface area contributed by atoms with Crippen molar-refractivity contribution in [3.05, 3.63) is 64.2 Å². The summed E-state index contributed by atoms with van der Waals surface area (Å²) >= 11 is 5.85. The first-order valence-electron chi connectivity index (χ1n) is 7.10. The Labute approximate surface area is 139 Å². The van der Waals surface area contributed by atoms with Gasteiger partial charge < -0.3 is 16.4 Å². The van der Waals surface area contributed by atoms with Gasteiger partial charge in [0.05, 0.1) is 6.04 Å². The van der Waals surface area contributed by atoms with Gasteiger partial charge in [0.15, 0.2) is 0 Å². The lowest BCUT2D eigenvalue weighted by atomic mass is 10.1. The van der Waals surface area contributed by atoms with Crippen molar-refractivity contribution in [2.75, 3.05) is 5.32 Å². The van der Waals surface area contributed by atoms with Crippen LogP contribution in [0.1, 0.15) is 34.5 Å². The Morgan fingerprint density at radius 2 is 1.78 bits per heavy atom. The van der Waals surface area contributed by atoms with Gasteiger partial charge in [0.25, 0.3) is 0 Å². The van der Waals surface area contributed by atoms with Crippen LogP contribution in [0.4, 0.5) is 10.5 Å². The number of rotatable bonds is 4. The first-order valence-corrected chi connectivity index (χ1v) is 7.48. The lowest BCUT2D eigenvalue weighted by Gasteiger charge is -2.15. The molecular formula is C17H18ClN3O2. The van der Waals surface area contributed by atoms with E-state index in [1.54, 1.807) is 37.3 Å². The standard InChI is InChI=1S/C17H18ClN3O2/c1-10-9-14(7-8-15(10)16(19)22)21-17(23)20-11(2)12-3-5-13(18)6-4-12/h3-9,11H,1-2H3,(H2,19,22)(H2,20,21,23). The van der Waals surface area contributed by atoms with E-state index in [1.807, 2.05) is 19.1 Å². The molecule has 0 aliphatic heterocycles. The summed E-state index contributed by atoms with van der Waals surface area (Å²) in [6.45, 7) is 3.64. The molecule has 0 bridgehead atoms. The molecule has 0 aliphatic carbocycles. The van der Waals surface area contributed by atoms with Crippen molar-refractivity contribution in [2.45, 2.75) is 19.9 Å². The van der Waals surface area contributed by atoms with Crippen LogP contribution in [0.2, 0.25) is 5.02 Å². The van der Waals surface area contributed by atoms with Crippen LogP contribution in [-0.2, 0) is 0 Å². The van der Waals surface area contributed by atoms with Gasteiger partial charge in [0.1, 0.15) is 0 Å². The fourth-order valence-corrected chi connectivity index (χ4v) is 2.34. The number of amides is 3. The van der Waals surface area contributed by atoms with Crippen LogP contribution < -0.4 is 16.4 Å². The summed E-state index contributed by atoms with van der Waals surface area (Å²) in [6, 6.07) is 11.7. The van der Waals surface area contributed by atoms with Gasteiger partial charge in [0.2, 0.25) is 5.91 Å². The number of hydrogen-bond acceptors (Lipinski definition) is 2. The molecule has 0 fully saturated rings. The van der Waals surface area contributed by atoms with Crippen LogP contribution in [0.5, 0.6) is 0 Å². The van der Waals surface area contributed by atoms with Crippen molar-refractivity contribution in [3.63, 3.8) is 0 Å². The van der Waals surface area contributed by atoms with Crippen LogP contribution in [0.25, 0.3) is 0 Å². The molecule has 1 atom stereocenters. The summed E-state index contributed by atoms with van der Waals surface area (Å²) in [7, 11) is 0. The van der Waals surface area contributed by atoms with Crippen molar-refractivity contribution in [3.8, 4) is 0 Å². The summed E-state index contributed by atoms with van der Waals surface area (Å²) in [6.07, 6.45) is 0. The molecule has 0 saturated heterocycles. The number of aryl methyl sites for hydroxylation is 1. The van der Waals surface area contributed by atoms with Crippen LogP contribution in [-0.4, -0.2) is 11.9 Å². The van der Waals surface area contributed by atoms with Crippen LogP contribution in [0.15, 0.2) is 42.5 Å². The van der Waals surface area contributed by atoms with Gasteiger partial charge in [-0.05, 0) is 55.3 Å². The number of urea groups is 1. The number of carbonyl (C=O) groups is 2. The van der Waals surface area contributed by atoms with Crippen molar-refractivity contribution >= 4 is 29.2 Å². The Kier molecular flexibility index (Phi) is 5.24. The van der Waals surface area contributed by atoms with Crippen LogP contribution in [0.3, 0.4) is 0 Å². The van der Waals surface area contributed by atoms with E-state index in [-0.39, 0.29) is 12.1 Å². The van der Waals surface area contributed by atoms with Crippen molar-refractivity contribution in [1.82, 2.24) is 5.32 Å². The monoisotopic (exact) mass is 331 g/mol. The molecular weight excluding hydrogens is 314 g/mol. The highest BCUT2D eigenvalue weighted by Crippen LogP contribution is 2.17. The maximum Gasteiger partial charge on any atom is 0.319 e. The predicted molar refractivity (Wildman–Crippen MR) is 91.7 cm³/mol. The molecule has 2 rings (SSSR count). The maximum absolute atomic E-state index is 12.1. The first-order chi connectivity index (χ1) is 10.9. The van der Waals surface area contributed by atoms with Gasteiger partial charge in [-0.3, -0.25) is 4.79 Å². The number of anilines is 1. The van der Waals surface area contributed by atoms with Gasteiger partial charge in [0, 0.05) is 16.3 Å². The zero-order chi connectivity index (χ0) is 17.0. The second-order valence-corrected chi connectivity index (χ2v) is 5.70. The molecule has 0 saturated carbocycles. The zero-order valence-electron chi connectivity index (χ0n) is 12.9. The number of carbonyl (C=O) groups excluding carboxylic acids is 2.